The highest BCUT2D eigenvalue weighted by molar-refractivity contribution is 5.28. The highest BCUT2D eigenvalue weighted by Gasteiger charge is 2.17. The van der Waals surface area contributed by atoms with Crippen molar-refractivity contribution in [2.24, 2.45) is 0 Å². The molecule has 0 radical (unpaired) electrons. The summed E-state index contributed by atoms with van der Waals surface area (Å²) in [4.78, 5) is 6.51. The van der Waals surface area contributed by atoms with E-state index in [1.165, 1.54) is 12.8 Å². The summed E-state index contributed by atoms with van der Waals surface area (Å²) in [6.07, 6.45) is 2.51. The minimum absolute atomic E-state index is 0.565. The fourth-order valence-corrected chi connectivity index (χ4v) is 1.93. The van der Waals surface area contributed by atoms with Gasteiger partial charge in [-0.3, -0.25) is 0 Å². The number of aromatic nitrogens is 3. The fourth-order valence-electron chi connectivity index (χ4n) is 1.93. The van der Waals surface area contributed by atoms with Crippen molar-refractivity contribution < 1.29 is 0 Å². The monoisotopic (exact) mass is 221 g/mol. The molecule has 2 rings (SSSR count). The lowest BCUT2D eigenvalue weighted by molar-refractivity contribution is 0.591. The summed E-state index contributed by atoms with van der Waals surface area (Å²) in [5, 5.41) is 11.7. The Hall–Kier alpha value is -1.23. The Labute approximate surface area is 96.3 Å². The van der Waals surface area contributed by atoms with Crippen molar-refractivity contribution in [2.45, 2.75) is 32.7 Å². The molecular weight excluding hydrogens is 202 g/mol. The number of aryl methyl sites for hydroxylation is 2. The van der Waals surface area contributed by atoms with Gasteiger partial charge >= 0.3 is 0 Å². The SMILES string of the molecule is Cc1nnc(N(C)CC2CCCN2)nc1C. The molecule has 1 aromatic rings. The van der Waals surface area contributed by atoms with Gasteiger partial charge in [-0.2, -0.15) is 5.10 Å². The molecule has 1 atom stereocenters. The van der Waals surface area contributed by atoms with Crippen LogP contribution in [0.2, 0.25) is 0 Å². The molecule has 5 heteroatoms. The molecular formula is C11H19N5. The molecule has 1 fully saturated rings. The number of hydrogen-bond acceptors (Lipinski definition) is 5. The lowest BCUT2D eigenvalue weighted by atomic mass is 10.2. The van der Waals surface area contributed by atoms with Gasteiger partial charge < -0.3 is 10.2 Å². The summed E-state index contributed by atoms with van der Waals surface area (Å²) in [5.74, 6) is 0.719. The number of rotatable bonds is 3. The number of likely N-dealkylation sites (N-methyl/N-ethyl adjacent to an activating group) is 1. The molecule has 1 unspecified atom stereocenters. The van der Waals surface area contributed by atoms with Gasteiger partial charge in [0.2, 0.25) is 5.95 Å². The predicted octanol–water partition coefficient (Wildman–Crippen LogP) is 0.677. The van der Waals surface area contributed by atoms with Crippen LogP contribution in [0.15, 0.2) is 0 Å². The van der Waals surface area contributed by atoms with Gasteiger partial charge in [-0.25, -0.2) is 4.98 Å². The van der Waals surface area contributed by atoms with Crippen molar-refractivity contribution in [3.8, 4) is 0 Å². The third-order valence-corrected chi connectivity index (χ3v) is 3.08. The van der Waals surface area contributed by atoms with Crippen molar-refractivity contribution in [3.05, 3.63) is 11.4 Å². The molecule has 1 aromatic heterocycles. The molecule has 0 bridgehead atoms. The predicted molar refractivity (Wildman–Crippen MR) is 63.6 cm³/mol. The van der Waals surface area contributed by atoms with Gasteiger partial charge in [0, 0.05) is 19.6 Å². The minimum atomic E-state index is 0.565. The number of anilines is 1. The van der Waals surface area contributed by atoms with Crippen LogP contribution in [-0.2, 0) is 0 Å². The topological polar surface area (TPSA) is 53.9 Å². The molecule has 0 aromatic carbocycles. The van der Waals surface area contributed by atoms with Crippen LogP contribution < -0.4 is 10.2 Å². The molecule has 1 aliphatic heterocycles. The van der Waals surface area contributed by atoms with Crippen LogP contribution >= 0.6 is 0 Å². The second-order valence-corrected chi connectivity index (χ2v) is 4.46. The van der Waals surface area contributed by atoms with Crippen molar-refractivity contribution in [1.29, 1.82) is 0 Å². The average Bonchev–Trinajstić information content (AvgIpc) is 2.74. The van der Waals surface area contributed by atoms with Gasteiger partial charge in [-0.1, -0.05) is 0 Å². The van der Waals surface area contributed by atoms with Crippen LogP contribution in [-0.4, -0.2) is 41.4 Å². The van der Waals surface area contributed by atoms with Gasteiger partial charge in [0.05, 0.1) is 11.4 Å². The normalized spacial score (nSPS) is 20.1. The Balaban J connectivity index is 2.02. The Morgan fingerprint density at radius 1 is 1.31 bits per heavy atom. The molecule has 1 aliphatic rings. The summed E-state index contributed by atoms with van der Waals surface area (Å²) in [5.41, 5.74) is 1.85. The Bertz CT molecular complexity index is 359. The van der Waals surface area contributed by atoms with E-state index in [-0.39, 0.29) is 0 Å². The third-order valence-electron chi connectivity index (χ3n) is 3.08. The summed E-state index contributed by atoms with van der Waals surface area (Å²) < 4.78 is 0. The zero-order chi connectivity index (χ0) is 11.5. The molecule has 0 aliphatic carbocycles. The summed E-state index contributed by atoms with van der Waals surface area (Å²) in [6.45, 7) is 5.97. The van der Waals surface area contributed by atoms with Crippen molar-refractivity contribution >= 4 is 5.95 Å². The zero-order valence-electron chi connectivity index (χ0n) is 10.2. The third kappa shape index (κ3) is 2.47. The smallest absolute Gasteiger partial charge is 0.245 e. The molecule has 0 saturated carbocycles. The first-order valence-corrected chi connectivity index (χ1v) is 5.79. The first-order valence-electron chi connectivity index (χ1n) is 5.79. The summed E-state index contributed by atoms with van der Waals surface area (Å²) >= 11 is 0. The summed E-state index contributed by atoms with van der Waals surface area (Å²) in [6, 6.07) is 0.565. The minimum Gasteiger partial charge on any atom is -0.341 e. The molecule has 1 N–H and O–H groups in total. The Kier molecular flexibility index (Phi) is 3.33. The zero-order valence-corrected chi connectivity index (χ0v) is 10.2. The standard InChI is InChI=1S/C11H19N5/c1-8-9(2)14-15-11(13-8)16(3)7-10-5-4-6-12-10/h10,12H,4-7H2,1-3H3. The van der Waals surface area contributed by atoms with Crippen LogP contribution in [0.5, 0.6) is 0 Å². The van der Waals surface area contributed by atoms with Gasteiger partial charge in [-0.15, -0.1) is 5.10 Å². The van der Waals surface area contributed by atoms with E-state index in [0.717, 1.165) is 30.4 Å². The molecule has 0 spiro atoms. The van der Waals surface area contributed by atoms with Crippen molar-refractivity contribution in [2.75, 3.05) is 25.0 Å². The molecule has 5 nitrogen and oxygen atoms in total. The first-order chi connectivity index (χ1) is 7.66. The van der Waals surface area contributed by atoms with Crippen LogP contribution in [0, 0.1) is 13.8 Å². The molecule has 1 saturated heterocycles. The Morgan fingerprint density at radius 3 is 2.75 bits per heavy atom. The van der Waals surface area contributed by atoms with Gasteiger partial charge in [0.1, 0.15) is 0 Å². The second-order valence-electron chi connectivity index (χ2n) is 4.46. The van der Waals surface area contributed by atoms with E-state index in [0.29, 0.717) is 6.04 Å². The second kappa shape index (κ2) is 4.74. The largest absolute Gasteiger partial charge is 0.341 e. The lowest BCUT2D eigenvalue weighted by Gasteiger charge is -2.21. The van der Waals surface area contributed by atoms with Crippen molar-refractivity contribution in [1.82, 2.24) is 20.5 Å². The van der Waals surface area contributed by atoms with E-state index in [1.54, 1.807) is 0 Å². The van der Waals surface area contributed by atoms with E-state index >= 15 is 0 Å². The van der Waals surface area contributed by atoms with E-state index in [9.17, 15) is 0 Å². The van der Waals surface area contributed by atoms with Crippen LogP contribution in [0.25, 0.3) is 0 Å². The average molecular weight is 221 g/mol. The number of nitrogens with one attached hydrogen (secondary N) is 1. The van der Waals surface area contributed by atoms with Crippen molar-refractivity contribution in [3.63, 3.8) is 0 Å². The van der Waals surface area contributed by atoms with E-state index in [2.05, 4.69) is 25.4 Å². The van der Waals surface area contributed by atoms with Crippen LogP contribution in [0.3, 0.4) is 0 Å². The first kappa shape index (κ1) is 11.3. The Morgan fingerprint density at radius 2 is 2.12 bits per heavy atom. The number of nitrogens with zero attached hydrogens (tertiary/aromatic N) is 4. The highest BCUT2D eigenvalue weighted by Crippen LogP contribution is 2.11. The fraction of sp³-hybridized carbons (Fsp3) is 0.727. The molecule has 16 heavy (non-hydrogen) atoms. The quantitative estimate of drug-likeness (QED) is 0.813. The van der Waals surface area contributed by atoms with Gasteiger partial charge in [-0.05, 0) is 33.2 Å². The maximum Gasteiger partial charge on any atom is 0.245 e. The maximum atomic E-state index is 4.44. The van der Waals surface area contributed by atoms with Gasteiger partial charge in [0.25, 0.3) is 0 Å². The molecule has 88 valence electrons. The molecule has 2 heterocycles. The number of hydrogen-bond donors (Lipinski definition) is 1. The van der Waals surface area contributed by atoms with Gasteiger partial charge in [0.15, 0.2) is 0 Å². The maximum absolute atomic E-state index is 4.44. The van der Waals surface area contributed by atoms with E-state index in [1.807, 2.05) is 20.9 Å². The van der Waals surface area contributed by atoms with Crippen LogP contribution in [0.1, 0.15) is 24.2 Å². The lowest BCUT2D eigenvalue weighted by Crippen LogP contribution is -2.36. The van der Waals surface area contributed by atoms with E-state index in [4.69, 9.17) is 0 Å². The van der Waals surface area contributed by atoms with Crippen LogP contribution in [0.4, 0.5) is 5.95 Å². The van der Waals surface area contributed by atoms with E-state index < -0.39 is 0 Å². The molecule has 0 amide bonds. The summed E-state index contributed by atoms with van der Waals surface area (Å²) in [7, 11) is 2.02. The highest BCUT2D eigenvalue weighted by atomic mass is 15.3.